The van der Waals surface area contributed by atoms with E-state index in [9.17, 15) is 9.90 Å². The van der Waals surface area contributed by atoms with Gasteiger partial charge in [-0.25, -0.2) is 4.79 Å². The van der Waals surface area contributed by atoms with Crippen LogP contribution >= 0.6 is 15.9 Å². The number of aryl methyl sites for hydroxylation is 2. The number of carboxylic acid groups (broad SMARTS) is 1. The topological polar surface area (TPSA) is 67.2 Å². The zero-order valence-corrected chi connectivity index (χ0v) is 12.2. The van der Waals surface area contributed by atoms with E-state index >= 15 is 0 Å². The highest BCUT2D eigenvalue weighted by atomic mass is 79.9. The molecular weight excluding hydrogens is 310 g/mol. The molecule has 0 radical (unpaired) electrons. The molecule has 100 valence electrons. The predicted molar refractivity (Wildman–Crippen MR) is 76.1 cm³/mol. The third kappa shape index (κ3) is 3.14. The average molecular weight is 324 g/mol. The van der Waals surface area contributed by atoms with Crippen LogP contribution in [0.4, 0.5) is 5.69 Å². The fourth-order valence-corrected chi connectivity index (χ4v) is 2.15. The van der Waals surface area contributed by atoms with Crippen LogP contribution in [-0.4, -0.2) is 20.9 Å². The Kier molecular flexibility index (Phi) is 3.90. The second-order valence-electron chi connectivity index (χ2n) is 4.27. The Hall–Kier alpha value is -1.82. The summed E-state index contributed by atoms with van der Waals surface area (Å²) in [7, 11) is 1.77. The van der Waals surface area contributed by atoms with Crippen LogP contribution in [0.5, 0.6) is 0 Å². The van der Waals surface area contributed by atoms with Gasteiger partial charge in [0.1, 0.15) is 0 Å². The molecule has 0 aliphatic rings. The second kappa shape index (κ2) is 5.44. The van der Waals surface area contributed by atoms with Gasteiger partial charge in [0, 0.05) is 29.0 Å². The van der Waals surface area contributed by atoms with E-state index in [2.05, 4.69) is 26.3 Å². The quantitative estimate of drug-likeness (QED) is 0.907. The first-order valence-corrected chi connectivity index (χ1v) is 6.51. The molecule has 0 fully saturated rings. The van der Waals surface area contributed by atoms with Gasteiger partial charge in [0.25, 0.3) is 0 Å². The molecule has 6 heteroatoms. The van der Waals surface area contributed by atoms with Crippen LogP contribution in [-0.2, 0) is 11.8 Å². The summed E-state index contributed by atoms with van der Waals surface area (Å²) >= 11 is 3.34. The second-order valence-corrected chi connectivity index (χ2v) is 5.18. The number of nitrogens with one attached hydrogen (secondary N) is 1. The summed E-state index contributed by atoms with van der Waals surface area (Å²) in [5, 5.41) is 16.5. The number of hydrogen-bond acceptors (Lipinski definition) is 3. The van der Waals surface area contributed by atoms with Gasteiger partial charge in [-0.2, -0.15) is 5.10 Å². The minimum atomic E-state index is -0.931. The molecule has 0 aliphatic carbocycles. The predicted octanol–water partition coefficient (Wildman–Crippen LogP) is 2.73. The highest BCUT2D eigenvalue weighted by Crippen LogP contribution is 2.23. The van der Waals surface area contributed by atoms with Crippen molar-refractivity contribution in [3.8, 4) is 0 Å². The molecule has 0 spiro atoms. The van der Waals surface area contributed by atoms with E-state index in [1.165, 1.54) is 0 Å². The maximum atomic E-state index is 11.4. The molecule has 2 rings (SSSR count). The summed E-state index contributed by atoms with van der Waals surface area (Å²) in [6.45, 7) is 1.80. The summed E-state index contributed by atoms with van der Waals surface area (Å²) < 4.78 is 2.56. The van der Waals surface area contributed by atoms with Crippen molar-refractivity contribution in [2.24, 2.45) is 7.05 Å². The first-order chi connectivity index (χ1) is 8.97. The molecule has 1 heterocycles. The Labute approximate surface area is 119 Å². The van der Waals surface area contributed by atoms with Crippen molar-refractivity contribution >= 4 is 27.6 Å². The Morgan fingerprint density at radius 1 is 1.42 bits per heavy atom. The molecule has 0 aliphatic heterocycles. The summed E-state index contributed by atoms with van der Waals surface area (Å²) in [6, 6.07) is 6.56. The van der Waals surface area contributed by atoms with E-state index in [4.69, 9.17) is 0 Å². The zero-order valence-electron chi connectivity index (χ0n) is 10.6. The standard InChI is InChI=1S/C13H14BrN3O2/c1-8-11(7-17(2)16-8)12(13(18)19)15-10-5-3-9(14)4-6-10/h3-7,12,15H,1-2H3,(H,18,19). The Balaban J connectivity index is 2.29. The van der Waals surface area contributed by atoms with E-state index in [1.54, 1.807) is 24.9 Å². The van der Waals surface area contributed by atoms with E-state index in [0.717, 1.165) is 10.2 Å². The van der Waals surface area contributed by atoms with Crippen LogP contribution in [0.25, 0.3) is 0 Å². The van der Waals surface area contributed by atoms with Gasteiger partial charge in [-0.05, 0) is 31.2 Å². The molecule has 1 unspecified atom stereocenters. The normalized spacial score (nSPS) is 12.2. The molecule has 1 atom stereocenters. The summed E-state index contributed by atoms with van der Waals surface area (Å²) in [5.74, 6) is -0.931. The van der Waals surface area contributed by atoms with Gasteiger partial charge in [-0.3, -0.25) is 4.68 Å². The smallest absolute Gasteiger partial charge is 0.330 e. The molecule has 19 heavy (non-hydrogen) atoms. The lowest BCUT2D eigenvalue weighted by molar-refractivity contribution is -0.138. The summed E-state index contributed by atoms with van der Waals surface area (Å²) in [4.78, 5) is 11.4. The number of hydrogen-bond donors (Lipinski definition) is 2. The molecule has 0 saturated carbocycles. The lowest BCUT2D eigenvalue weighted by Gasteiger charge is -2.15. The van der Waals surface area contributed by atoms with Crippen molar-refractivity contribution in [1.82, 2.24) is 9.78 Å². The SMILES string of the molecule is Cc1nn(C)cc1C(Nc1ccc(Br)cc1)C(=O)O. The average Bonchev–Trinajstić information content (AvgIpc) is 2.67. The Morgan fingerprint density at radius 3 is 2.53 bits per heavy atom. The van der Waals surface area contributed by atoms with Crippen LogP contribution in [0.3, 0.4) is 0 Å². The van der Waals surface area contributed by atoms with E-state index in [-0.39, 0.29) is 0 Å². The summed E-state index contributed by atoms with van der Waals surface area (Å²) in [5.41, 5.74) is 2.12. The van der Waals surface area contributed by atoms with Crippen molar-refractivity contribution < 1.29 is 9.90 Å². The third-order valence-corrected chi connectivity index (χ3v) is 3.29. The number of halogens is 1. The zero-order chi connectivity index (χ0) is 14.0. The fourth-order valence-electron chi connectivity index (χ4n) is 1.89. The van der Waals surface area contributed by atoms with Crippen molar-refractivity contribution in [2.75, 3.05) is 5.32 Å². The van der Waals surface area contributed by atoms with Gasteiger partial charge in [-0.15, -0.1) is 0 Å². The molecular formula is C13H14BrN3O2. The van der Waals surface area contributed by atoms with Crippen LogP contribution in [0.15, 0.2) is 34.9 Å². The lowest BCUT2D eigenvalue weighted by Crippen LogP contribution is -2.20. The number of carbonyl (C=O) groups is 1. The highest BCUT2D eigenvalue weighted by molar-refractivity contribution is 9.10. The molecule has 1 aromatic heterocycles. The number of carboxylic acids is 1. The Bertz CT molecular complexity index is 592. The first-order valence-electron chi connectivity index (χ1n) is 5.72. The maximum absolute atomic E-state index is 11.4. The third-order valence-electron chi connectivity index (χ3n) is 2.76. The lowest BCUT2D eigenvalue weighted by atomic mass is 10.1. The van der Waals surface area contributed by atoms with Gasteiger partial charge in [-0.1, -0.05) is 15.9 Å². The van der Waals surface area contributed by atoms with E-state index < -0.39 is 12.0 Å². The van der Waals surface area contributed by atoms with Crippen molar-refractivity contribution in [1.29, 1.82) is 0 Å². The number of aromatic nitrogens is 2. The van der Waals surface area contributed by atoms with Crippen LogP contribution in [0.2, 0.25) is 0 Å². The van der Waals surface area contributed by atoms with Gasteiger partial charge >= 0.3 is 5.97 Å². The molecule has 0 saturated heterocycles. The molecule has 5 nitrogen and oxygen atoms in total. The van der Waals surface area contributed by atoms with Gasteiger partial charge in [0.15, 0.2) is 6.04 Å². The molecule has 2 N–H and O–H groups in total. The largest absolute Gasteiger partial charge is 0.479 e. The van der Waals surface area contributed by atoms with Crippen LogP contribution in [0, 0.1) is 6.92 Å². The minimum absolute atomic E-state index is 0.665. The number of nitrogens with zero attached hydrogens (tertiary/aromatic N) is 2. The number of anilines is 1. The maximum Gasteiger partial charge on any atom is 0.330 e. The van der Waals surface area contributed by atoms with Gasteiger partial charge < -0.3 is 10.4 Å². The number of rotatable bonds is 4. The fraction of sp³-hybridized carbons (Fsp3) is 0.231. The summed E-state index contributed by atoms with van der Waals surface area (Å²) in [6.07, 6.45) is 1.72. The van der Waals surface area contributed by atoms with Crippen molar-refractivity contribution in [3.63, 3.8) is 0 Å². The molecule has 1 aromatic carbocycles. The van der Waals surface area contributed by atoms with Crippen LogP contribution in [0.1, 0.15) is 17.3 Å². The number of benzene rings is 1. The highest BCUT2D eigenvalue weighted by Gasteiger charge is 2.23. The first kappa shape index (κ1) is 13.6. The monoisotopic (exact) mass is 323 g/mol. The number of aliphatic carboxylic acids is 1. The van der Waals surface area contributed by atoms with Gasteiger partial charge in [0.2, 0.25) is 0 Å². The van der Waals surface area contributed by atoms with Crippen molar-refractivity contribution in [2.45, 2.75) is 13.0 Å². The van der Waals surface area contributed by atoms with E-state index in [1.807, 2.05) is 24.3 Å². The van der Waals surface area contributed by atoms with Crippen molar-refractivity contribution in [3.05, 3.63) is 46.2 Å². The molecule has 0 amide bonds. The van der Waals surface area contributed by atoms with E-state index in [0.29, 0.717) is 11.3 Å². The molecule has 2 aromatic rings. The molecule has 0 bridgehead atoms. The minimum Gasteiger partial charge on any atom is -0.479 e. The van der Waals surface area contributed by atoms with Gasteiger partial charge in [0.05, 0.1) is 5.69 Å². The Morgan fingerprint density at radius 2 is 2.05 bits per heavy atom. The van der Waals surface area contributed by atoms with Crippen LogP contribution < -0.4 is 5.32 Å².